The summed E-state index contributed by atoms with van der Waals surface area (Å²) in [4.78, 5) is 30.2. The smallest absolute Gasteiger partial charge is 0.270 e. The van der Waals surface area contributed by atoms with Gasteiger partial charge in [-0.05, 0) is 44.0 Å². The van der Waals surface area contributed by atoms with Crippen molar-refractivity contribution >= 4 is 23.5 Å². The zero-order valence-electron chi connectivity index (χ0n) is 18.2. The molecule has 1 aromatic carbocycles. The number of hydrogen-bond acceptors (Lipinski definition) is 6. The molecule has 0 radical (unpaired) electrons. The predicted octanol–water partition coefficient (Wildman–Crippen LogP) is 4.37. The molecule has 1 saturated heterocycles. The molecule has 8 nitrogen and oxygen atoms in total. The third-order valence-electron chi connectivity index (χ3n) is 5.71. The second kappa shape index (κ2) is 9.11. The number of rotatable bonds is 7. The lowest BCUT2D eigenvalue weighted by atomic mass is 10.2. The number of hydrogen-bond donors (Lipinski definition) is 1. The Hall–Kier alpha value is -3.59. The van der Waals surface area contributed by atoms with Crippen LogP contribution in [-0.4, -0.2) is 55.2 Å². The van der Waals surface area contributed by atoms with E-state index in [1.54, 1.807) is 18.5 Å². The molecule has 1 fully saturated rings. The van der Waals surface area contributed by atoms with Crippen LogP contribution in [0.25, 0.3) is 17.1 Å². The van der Waals surface area contributed by atoms with Gasteiger partial charge in [-0.2, -0.15) is 0 Å². The van der Waals surface area contributed by atoms with Crippen molar-refractivity contribution < 1.29 is 14.0 Å². The summed E-state index contributed by atoms with van der Waals surface area (Å²) in [5.41, 5.74) is 2.69. The van der Waals surface area contributed by atoms with Gasteiger partial charge in [0.05, 0.1) is 17.6 Å². The quantitative estimate of drug-likeness (QED) is 0.324. The highest BCUT2D eigenvalue weighted by molar-refractivity contribution is 7.99. The van der Waals surface area contributed by atoms with Crippen LogP contribution in [0.2, 0.25) is 0 Å². The molecule has 0 aliphatic carbocycles. The highest BCUT2D eigenvalue weighted by atomic mass is 32.2. The van der Waals surface area contributed by atoms with Crippen molar-refractivity contribution in [2.24, 2.45) is 0 Å². The maximum Gasteiger partial charge on any atom is 0.270 e. The summed E-state index contributed by atoms with van der Waals surface area (Å²) in [5.74, 6) is 1.44. The Morgan fingerprint density at radius 3 is 2.64 bits per heavy atom. The lowest BCUT2D eigenvalue weighted by Gasteiger charge is -2.13. The van der Waals surface area contributed by atoms with E-state index in [2.05, 4.69) is 15.2 Å². The first-order valence-electron chi connectivity index (χ1n) is 10.8. The van der Waals surface area contributed by atoms with Gasteiger partial charge in [0, 0.05) is 30.5 Å². The number of carbonyl (C=O) groups excluding carboxylic acids is 2. The lowest BCUT2D eigenvalue weighted by Crippen LogP contribution is -2.27. The number of ketones is 1. The van der Waals surface area contributed by atoms with Crippen LogP contribution in [0, 0.1) is 6.92 Å². The fourth-order valence-corrected chi connectivity index (χ4v) is 4.79. The number of nitrogens with one attached hydrogen (secondary N) is 1. The Kier molecular flexibility index (Phi) is 5.87. The fraction of sp³-hybridized carbons (Fsp3) is 0.250. The second-order valence-electron chi connectivity index (χ2n) is 7.88. The maximum absolute atomic E-state index is 12.9. The van der Waals surface area contributed by atoms with E-state index >= 15 is 0 Å². The summed E-state index contributed by atoms with van der Waals surface area (Å²) < 4.78 is 7.38. The van der Waals surface area contributed by atoms with Crippen molar-refractivity contribution in [2.45, 2.75) is 24.9 Å². The topological polar surface area (TPSA) is 97.0 Å². The Bertz CT molecular complexity index is 1280. The summed E-state index contributed by atoms with van der Waals surface area (Å²) in [6.45, 7) is 3.41. The van der Waals surface area contributed by atoms with Crippen LogP contribution in [0.4, 0.5) is 0 Å². The number of likely N-dealkylation sites (tertiary alicyclic amines) is 1. The van der Waals surface area contributed by atoms with Crippen LogP contribution in [-0.2, 0) is 0 Å². The molecule has 1 aliphatic heterocycles. The van der Waals surface area contributed by atoms with E-state index in [9.17, 15) is 9.59 Å². The van der Waals surface area contributed by atoms with Crippen LogP contribution in [0.5, 0.6) is 0 Å². The number of para-hydroxylation sites is 1. The van der Waals surface area contributed by atoms with Crippen LogP contribution in [0.1, 0.15) is 39.4 Å². The molecule has 0 spiro atoms. The number of H-pyrrole nitrogens is 1. The number of benzene rings is 1. The molecule has 4 heterocycles. The Morgan fingerprint density at radius 2 is 1.91 bits per heavy atom. The number of aromatic amines is 1. The molecule has 1 N–H and O–H groups in total. The third kappa shape index (κ3) is 4.23. The second-order valence-corrected chi connectivity index (χ2v) is 8.82. The Morgan fingerprint density at radius 1 is 1.12 bits per heavy atom. The first-order valence-corrected chi connectivity index (χ1v) is 11.8. The first kappa shape index (κ1) is 21.3. The predicted molar refractivity (Wildman–Crippen MR) is 125 cm³/mol. The van der Waals surface area contributed by atoms with Crippen molar-refractivity contribution in [3.63, 3.8) is 0 Å². The molecule has 0 bridgehead atoms. The van der Waals surface area contributed by atoms with Gasteiger partial charge in [0.1, 0.15) is 11.5 Å². The standard InChI is InChI=1S/C24H23N5O3S/c1-16-19(9-12-32-16)22-26-27-24(29(22)18-7-3-2-4-8-18)33-15-21(30)17-13-20(25-14-17)23(31)28-10-5-6-11-28/h2-4,7-9,12-14,25H,5-6,10-11,15H2,1H3. The van der Waals surface area contributed by atoms with E-state index in [-0.39, 0.29) is 17.4 Å². The molecule has 3 aromatic heterocycles. The summed E-state index contributed by atoms with van der Waals surface area (Å²) in [6, 6.07) is 13.3. The van der Waals surface area contributed by atoms with Crippen molar-refractivity contribution in [3.05, 3.63) is 71.9 Å². The average molecular weight is 462 g/mol. The van der Waals surface area contributed by atoms with E-state index in [0.29, 0.717) is 22.2 Å². The zero-order valence-corrected chi connectivity index (χ0v) is 19.0. The summed E-state index contributed by atoms with van der Waals surface area (Å²) in [6.07, 6.45) is 5.28. The maximum atomic E-state index is 12.9. The molecular formula is C24H23N5O3S. The molecule has 1 aliphatic rings. The van der Waals surface area contributed by atoms with Gasteiger partial charge in [-0.3, -0.25) is 14.2 Å². The summed E-state index contributed by atoms with van der Waals surface area (Å²) >= 11 is 1.31. The first-order chi connectivity index (χ1) is 16.1. The van der Waals surface area contributed by atoms with Gasteiger partial charge in [-0.1, -0.05) is 30.0 Å². The van der Waals surface area contributed by atoms with Gasteiger partial charge >= 0.3 is 0 Å². The minimum atomic E-state index is -0.0830. The number of Topliss-reactive ketones (excluding diaryl/α,β-unsaturated/α-hetero) is 1. The minimum absolute atomic E-state index is 0.0526. The molecule has 0 atom stereocenters. The van der Waals surface area contributed by atoms with Gasteiger partial charge in [0.2, 0.25) is 0 Å². The van der Waals surface area contributed by atoms with Crippen molar-refractivity contribution in [1.82, 2.24) is 24.6 Å². The average Bonchev–Trinajstić information content (AvgIpc) is 3.64. The molecule has 0 unspecified atom stereocenters. The van der Waals surface area contributed by atoms with E-state index in [1.165, 1.54) is 11.8 Å². The number of amides is 1. The SMILES string of the molecule is Cc1occc1-c1nnc(SCC(=O)c2c[nH]c(C(=O)N3CCCC3)c2)n1-c1ccccc1. The van der Waals surface area contributed by atoms with Gasteiger partial charge < -0.3 is 14.3 Å². The molecule has 0 saturated carbocycles. The van der Waals surface area contributed by atoms with Crippen LogP contribution >= 0.6 is 11.8 Å². The number of nitrogens with zero attached hydrogens (tertiary/aromatic N) is 4. The molecule has 168 valence electrons. The van der Waals surface area contributed by atoms with E-state index in [4.69, 9.17) is 4.42 Å². The molecule has 5 rings (SSSR count). The number of aromatic nitrogens is 4. The third-order valence-corrected chi connectivity index (χ3v) is 6.64. The molecule has 1 amide bonds. The number of furan rings is 1. The van der Waals surface area contributed by atoms with E-state index < -0.39 is 0 Å². The monoisotopic (exact) mass is 461 g/mol. The Labute approximate surface area is 195 Å². The minimum Gasteiger partial charge on any atom is -0.469 e. The normalized spacial score (nSPS) is 13.5. The highest BCUT2D eigenvalue weighted by Gasteiger charge is 2.23. The van der Waals surface area contributed by atoms with E-state index in [1.807, 2.05) is 52.8 Å². The van der Waals surface area contributed by atoms with Gasteiger partial charge in [-0.25, -0.2) is 0 Å². The van der Waals surface area contributed by atoms with Crippen LogP contribution in [0.15, 0.2) is 64.5 Å². The summed E-state index contributed by atoms with van der Waals surface area (Å²) in [5, 5.41) is 9.34. The highest BCUT2D eigenvalue weighted by Crippen LogP contribution is 2.30. The van der Waals surface area contributed by atoms with Crippen LogP contribution in [0.3, 0.4) is 0 Å². The van der Waals surface area contributed by atoms with Crippen molar-refractivity contribution in [2.75, 3.05) is 18.8 Å². The van der Waals surface area contributed by atoms with Crippen molar-refractivity contribution in [3.8, 4) is 17.1 Å². The largest absolute Gasteiger partial charge is 0.469 e. The van der Waals surface area contributed by atoms with Crippen molar-refractivity contribution in [1.29, 1.82) is 0 Å². The van der Waals surface area contributed by atoms with Crippen LogP contribution < -0.4 is 0 Å². The van der Waals surface area contributed by atoms with Gasteiger partial charge in [-0.15, -0.1) is 10.2 Å². The zero-order chi connectivity index (χ0) is 22.8. The molecule has 4 aromatic rings. The molecular weight excluding hydrogens is 438 g/mol. The Balaban J connectivity index is 1.36. The number of aryl methyl sites for hydroxylation is 1. The van der Waals surface area contributed by atoms with Gasteiger partial charge in [0.15, 0.2) is 16.8 Å². The van der Waals surface area contributed by atoms with E-state index in [0.717, 1.165) is 42.9 Å². The fourth-order valence-electron chi connectivity index (χ4n) is 3.95. The lowest BCUT2D eigenvalue weighted by molar-refractivity contribution is 0.0787. The van der Waals surface area contributed by atoms with Gasteiger partial charge in [0.25, 0.3) is 5.91 Å². The summed E-state index contributed by atoms with van der Waals surface area (Å²) in [7, 11) is 0. The molecule has 9 heteroatoms. The number of thioether (sulfide) groups is 1. The molecule has 33 heavy (non-hydrogen) atoms. The number of carbonyl (C=O) groups is 2.